The van der Waals surface area contributed by atoms with Crippen LogP contribution >= 0.6 is 0 Å². The highest BCUT2D eigenvalue weighted by atomic mass is 16.2. The third-order valence-corrected chi connectivity index (χ3v) is 5.46. The monoisotopic (exact) mass is 394 g/mol. The van der Waals surface area contributed by atoms with E-state index in [-0.39, 0.29) is 17.9 Å². The Balaban J connectivity index is 2.29. The van der Waals surface area contributed by atoms with Crippen molar-refractivity contribution in [1.29, 1.82) is 0 Å². The van der Waals surface area contributed by atoms with Crippen LogP contribution in [0.2, 0.25) is 0 Å². The quantitative estimate of drug-likeness (QED) is 0.677. The maximum absolute atomic E-state index is 13.3. The Bertz CT molecular complexity index is 814. The lowest BCUT2D eigenvalue weighted by Gasteiger charge is -2.31. The van der Waals surface area contributed by atoms with Crippen molar-refractivity contribution in [2.75, 3.05) is 0 Å². The Labute approximate surface area is 175 Å². The Morgan fingerprint density at radius 2 is 1.62 bits per heavy atom. The van der Waals surface area contributed by atoms with Crippen LogP contribution in [-0.4, -0.2) is 28.8 Å². The van der Waals surface area contributed by atoms with Gasteiger partial charge in [-0.3, -0.25) is 9.59 Å². The molecule has 4 nitrogen and oxygen atoms in total. The Morgan fingerprint density at radius 1 is 0.966 bits per heavy atom. The fourth-order valence-corrected chi connectivity index (χ4v) is 3.32. The van der Waals surface area contributed by atoms with Crippen molar-refractivity contribution in [3.63, 3.8) is 0 Å². The fourth-order valence-electron chi connectivity index (χ4n) is 3.32. The molecular weight excluding hydrogens is 360 g/mol. The van der Waals surface area contributed by atoms with Crippen molar-refractivity contribution in [3.05, 3.63) is 70.8 Å². The molecule has 0 unspecified atom stereocenters. The number of benzene rings is 2. The second-order valence-electron chi connectivity index (χ2n) is 7.85. The predicted octanol–water partition coefficient (Wildman–Crippen LogP) is 4.57. The average Bonchev–Trinajstić information content (AvgIpc) is 2.70. The van der Waals surface area contributed by atoms with Gasteiger partial charge in [0, 0.05) is 12.6 Å². The molecule has 0 aliphatic heterocycles. The molecule has 29 heavy (non-hydrogen) atoms. The van der Waals surface area contributed by atoms with Gasteiger partial charge in [0.2, 0.25) is 11.8 Å². The molecule has 1 N–H and O–H groups in total. The lowest BCUT2D eigenvalue weighted by Crippen LogP contribution is -2.51. The van der Waals surface area contributed by atoms with Crippen LogP contribution in [0, 0.1) is 13.8 Å². The number of nitrogens with zero attached hydrogens (tertiary/aromatic N) is 1. The number of amides is 2. The van der Waals surface area contributed by atoms with E-state index in [1.165, 1.54) is 5.56 Å². The molecule has 2 rings (SSSR count). The molecular formula is C25H34N2O2. The minimum Gasteiger partial charge on any atom is -0.352 e. The molecule has 0 radical (unpaired) electrons. The number of carbonyl (C=O) groups excluding carboxylic acids is 2. The number of carbonyl (C=O) groups is 2. The molecule has 0 spiro atoms. The van der Waals surface area contributed by atoms with Crippen LogP contribution in [0.25, 0.3) is 0 Å². The number of nitrogens with one attached hydrogen (secondary N) is 1. The van der Waals surface area contributed by atoms with Gasteiger partial charge in [0.25, 0.3) is 0 Å². The van der Waals surface area contributed by atoms with Crippen molar-refractivity contribution in [1.82, 2.24) is 10.2 Å². The first kappa shape index (κ1) is 22.7. The molecule has 0 bridgehead atoms. The minimum absolute atomic E-state index is 0.0222. The highest BCUT2D eigenvalue weighted by Crippen LogP contribution is 2.17. The Kier molecular flexibility index (Phi) is 8.44. The molecule has 2 amide bonds. The van der Waals surface area contributed by atoms with Gasteiger partial charge in [-0.1, -0.05) is 67.9 Å². The fraction of sp³-hybridized carbons (Fsp3) is 0.440. The first-order valence-corrected chi connectivity index (χ1v) is 10.6. The van der Waals surface area contributed by atoms with Crippen LogP contribution in [0.3, 0.4) is 0 Å². The van der Waals surface area contributed by atoms with Crippen LogP contribution in [0.4, 0.5) is 0 Å². The van der Waals surface area contributed by atoms with E-state index in [1.807, 2.05) is 83.1 Å². The summed E-state index contributed by atoms with van der Waals surface area (Å²) in [6, 6.07) is 15.7. The van der Waals surface area contributed by atoms with Crippen LogP contribution in [0.15, 0.2) is 48.5 Å². The third-order valence-electron chi connectivity index (χ3n) is 5.46. The van der Waals surface area contributed by atoms with Gasteiger partial charge in [-0.2, -0.15) is 0 Å². The molecule has 2 aromatic rings. The van der Waals surface area contributed by atoms with Crippen LogP contribution in [0.5, 0.6) is 0 Å². The van der Waals surface area contributed by atoms with Gasteiger partial charge in [0.05, 0.1) is 6.42 Å². The van der Waals surface area contributed by atoms with Crippen molar-refractivity contribution >= 4 is 11.8 Å². The Hall–Kier alpha value is -2.62. The molecule has 0 aliphatic carbocycles. The molecule has 2 atom stereocenters. The SMILES string of the molecule is CC[C@H](C)NC(=O)[C@H](CC)N(Cc1ccc(C)cc1)C(=O)Cc1ccccc1C. The van der Waals surface area contributed by atoms with E-state index < -0.39 is 6.04 Å². The molecule has 0 saturated heterocycles. The lowest BCUT2D eigenvalue weighted by atomic mass is 10.0. The summed E-state index contributed by atoms with van der Waals surface area (Å²) < 4.78 is 0. The van der Waals surface area contributed by atoms with Crippen LogP contribution in [0.1, 0.15) is 55.9 Å². The second-order valence-corrected chi connectivity index (χ2v) is 7.85. The largest absolute Gasteiger partial charge is 0.352 e. The van der Waals surface area contributed by atoms with E-state index >= 15 is 0 Å². The summed E-state index contributed by atoms with van der Waals surface area (Å²) in [5, 5.41) is 3.05. The van der Waals surface area contributed by atoms with E-state index in [9.17, 15) is 9.59 Å². The third kappa shape index (κ3) is 6.45. The number of hydrogen-bond donors (Lipinski definition) is 1. The van der Waals surface area contributed by atoms with E-state index in [0.717, 1.165) is 23.1 Å². The van der Waals surface area contributed by atoms with Crippen molar-refractivity contribution < 1.29 is 9.59 Å². The smallest absolute Gasteiger partial charge is 0.243 e. The summed E-state index contributed by atoms with van der Waals surface area (Å²) in [6.07, 6.45) is 1.73. The molecule has 0 saturated carbocycles. The number of hydrogen-bond acceptors (Lipinski definition) is 2. The topological polar surface area (TPSA) is 49.4 Å². The molecule has 0 fully saturated rings. The minimum atomic E-state index is -0.484. The summed E-state index contributed by atoms with van der Waals surface area (Å²) in [4.78, 5) is 28.0. The summed E-state index contributed by atoms with van der Waals surface area (Å²) in [5.41, 5.74) is 4.30. The highest BCUT2D eigenvalue weighted by molar-refractivity contribution is 5.88. The molecule has 156 valence electrons. The van der Waals surface area contributed by atoms with Gasteiger partial charge in [0.15, 0.2) is 0 Å². The van der Waals surface area contributed by atoms with Gasteiger partial charge >= 0.3 is 0 Å². The van der Waals surface area contributed by atoms with Crippen LogP contribution in [-0.2, 0) is 22.6 Å². The second kappa shape index (κ2) is 10.8. The van der Waals surface area contributed by atoms with E-state index in [1.54, 1.807) is 4.90 Å². The van der Waals surface area contributed by atoms with Gasteiger partial charge < -0.3 is 10.2 Å². The maximum atomic E-state index is 13.3. The zero-order valence-corrected chi connectivity index (χ0v) is 18.4. The standard InChI is InChI=1S/C25H34N2O2/c1-6-20(5)26-25(29)23(7-2)27(17-21-14-12-18(3)13-15-21)24(28)16-22-11-9-8-10-19(22)4/h8-15,20,23H,6-7,16-17H2,1-5H3,(H,26,29)/t20-,23-/m0/s1. The highest BCUT2D eigenvalue weighted by Gasteiger charge is 2.29. The molecule has 4 heteroatoms. The predicted molar refractivity (Wildman–Crippen MR) is 119 cm³/mol. The van der Waals surface area contributed by atoms with E-state index in [4.69, 9.17) is 0 Å². The zero-order chi connectivity index (χ0) is 21.4. The van der Waals surface area contributed by atoms with E-state index in [0.29, 0.717) is 19.4 Å². The summed E-state index contributed by atoms with van der Waals surface area (Å²) in [6.45, 7) is 10.5. The first-order chi connectivity index (χ1) is 13.8. The Morgan fingerprint density at radius 3 is 2.21 bits per heavy atom. The van der Waals surface area contributed by atoms with Gasteiger partial charge in [0.1, 0.15) is 6.04 Å². The number of rotatable bonds is 9. The van der Waals surface area contributed by atoms with Crippen molar-refractivity contribution in [2.45, 2.75) is 72.5 Å². The summed E-state index contributed by atoms with van der Waals surface area (Å²) in [7, 11) is 0. The van der Waals surface area contributed by atoms with Gasteiger partial charge in [-0.25, -0.2) is 0 Å². The lowest BCUT2D eigenvalue weighted by molar-refractivity contribution is -0.141. The summed E-state index contributed by atoms with van der Waals surface area (Å²) in [5.74, 6) is -0.0990. The van der Waals surface area contributed by atoms with Crippen LogP contribution < -0.4 is 5.32 Å². The van der Waals surface area contributed by atoms with Crippen molar-refractivity contribution in [3.8, 4) is 0 Å². The molecule has 0 aliphatic rings. The van der Waals surface area contributed by atoms with Gasteiger partial charge in [-0.15, -0.1) is 0 Å². The molecule has 0 aromatic heterocycles. The summed E-state index contributed by atoms with van der Waals surface area (Å²) >= 11 is 0. The van der Waals surface area contributed by atoms with Crippen molar-refractivity contribution in [2.24, 2.45) is 0 Å². The average molecular weight is 395 g/mol. The van der Waals surface area contributed by atoms with E-state index in [2.05, 4.69) is 5.32 Å². The normalized spacial score (nSPS) is 12.9. The maximum Gasteiger partial charge on any atom is 0.243 e. The van der Waals surface area contributed by atoms with Gasteiger partial charge in [-0.05, 0) is 50.3 Å². The number of aryl methyl sites for hydroxylation is 2. The molecule has 0 heterocycles. The zero-order valence-electron chi connectivity index (χ0n) is 18.4. The first-order valence-electron chi connectivity index (χ1n) is 10.6. The molecule has 2 aromatic carbocycles.